The Labute approximate surface area is 105 Å². The predicted molar refractivity (Wildman–Crippen MR) is 67.2 cm³/mol. The van der Waals surface area contributed by atoms with Gasteiger partial charge in [-0.15, -0.1) is 0 Å². The molecule has 0 unspecified atom stereocenters. The SMILES string of the molecule is COC(=O)c1ccc(-c2ccc(Cl)cc2)n1C. The number of aromatic nitrogens is 1. The van der Waals surface area contributed by atoms with Crippen molar-refractivity contribution in [2.45, 2.75) is 0 Å². The predicted octanol–water partition coefficient (Wildman–Crippen LogP) is 3.13. The van der Waals surface area contributed by atoms with Crippen LogP contribution in [0, 0.1) is 0 Å². The quantitative estimate of drug-likeness (QED) is 0.766. The molecule has 1 heterocycles. The average Bonchev–Trinajstić information content (AvgIpc) is 2.71. The zero-order valence-corrected chi connectivity index (χ0v) is 10.4. The molecule has 0 atom stereocenters. The van der Waals surface area contributed by atoms with E-state index in [4.69, 9.17) is 16.3 Å². The zero-order valence-electron chi connectivity index (χ0n) is 9.61. The number of ether oxygens (including phenoxy) is 1. The molecule has 0 aliphatic carbocycles. The summed E-state index contributed by atoms with van der Waals surface area (Å²) in [5.41, 5.74) is 2.48. The Balaban J connectivity index is 2.44. The van der Waals surface area contributed by atoms with Crippen molar-refractivity contribution in [3.8, 4) is 11.3 Å². The highest BCUT2D eigenvalue weighted by Gasteiger charge is 2.13. The van der Waals surface area contributed by atoms with E-state index in [1.165, 1.54) is 7.11 Å². The van der Waals surface area contributed by atoms with Crippen molar-refractivity contribution in [1.29, 1.82) is 0 Å². The summed E-state index contributed by atoms with van der Waals surface area (Å²) < 4.78 is 6.51. The number of hydrogen-bond donors (Lipinski definition) is 0. The standard InChI is InChI=1S/C13H12ClNO2/c1-15-11(7-8-12(15)13(16)17-2)9-3-5-10(14)6-4-9/h3-8H,1-2H3. The molecular formula is C13H12ClNO2. The molecule has 0 saturated heterocycles. The first kappa shape index (κ1) is 11.7. The van der Waals surface area contributed by atoms with Crippen molar-refractivity contribution < 1.29 is 9.53 Å². The van der Waals surface area contributed by atoms with Crippen LogP contribution in [0.5, 0.6) is 0 Å². The molecule has 0 saturated carbocycles. The minimum absolute atomic E-state index is 0.340. The number of carbonyl (C=O) groups excluding carboxylic acids is 1. The molecule has 0 bridgehead atoms. The lowest BCUT2D eigenvalue weighted by Crippen LogP contribution is -2.07. The number of carbonyl (C=O) groups is 1. The topological polar surface area (TPSA) is 31.2 Å². The van der Waals surface area contributed by atoms with Gasteiger partial charge in [0.25, 0.3) is 0 Å². The Morgan fingerprint density at radius 1 is 1.18 bits per heavy atom. The zero-order chi connectivity index (χ0) is 12.4. The number of hydrogen-bond acceptors (Lipinski definition) is 2. The third-order valence-electron chi connectivity index (χ3n) is 2.66. The van der Waals surface area contributed by atoms with Crippen molar-refractivity contribution >= 4 is 17.6 Å². The van der Waals surface area contributed by atoms with Gasteiger partial charge in [-0.2, -0.15) is 0 Å². The van der Waals surface area contributed by atoms with E-state index in [0.717, 1.165) is 11.3 Å². The van der Waals surface area contributed by atoms with Gasteiger partial charge in [0.15, 0.2) is 0 Å². The highest BCUT2D eigenvalue weighted by Crippen LogP contribution is 2.23. The molecule has 1 aromatic carbocycles. The maximum Gasteiger partial charge on any atom is 0.354 e. The first-order chi connectivity index (χ1) is 8.13. The number of halogens is 1. The first-order valence-electron chi connectivity index (χ1n) is 5.13. The van der Waals surface area contributed by atoms with Gasteiger partial charge in [0, 0.05) is 17.8 Å². The Hall–Kier alpha value is -1.74. The summed E-state index contributed by atoms with van der Waals surface area (Å²) in [7, 11) is 3.20. The van der Waals surface area contributed by atoms with Gasteiger partial charge in [-0.1, -0.05) is 23.7 Å². The van der Waals surface area contributed by atoms with E-state index in [9.17, 15) is 4.79 Å². The fourth-order valence-corrected chi connectivity index (χ4v) is 1.86. The number of nitrogens with zero attached hydrogens (tertiary/aromatic N) is 1. The highest BCUT2D eigenvalue weighted by atomic mass is 35.5. The summed E-state index contributed by atoms with van der Waals surface area (Å²) in [4.78, 5) is 11.5. The smallest absolute Gasteiger partial charge is 0.354 e. The molecule has 0 amide bonds. The van der Waals surface area contributed by atoms with Crippen LogP contribution < -0.4 is 0 Å². The second-order valence-electron chi connectivity index (χ2n) is 3.66. The molecule has 0 radical (unpaired) electrons. The fraction of sp³-hybridized carbons (Fsp3) is 0.154. The Kier molecular flexibility index (Phi) is 3.20. The van der Waals surface area contributed by atoms with E-state index < -0.39 is 0 Å². The average molecular weight is 250 g/mol. The Morgan fingerprint density at radius 2 is 1.82 bits per heavy atom. The summed E-state index contributed by atoms with van der Waals surface area (Å²) in [6, 6.07) is 11.1. The van der Waals surface area contributed by atoms with Crippen molar-refractivity contribution in [1.82, 2.24) is 4.57 Å². The lowest BCUT2D eigenvalue weighted by molar-refractivity contribution is 0.0590. The normalized spacial score (nSPS) is 10.3. The van der Waals surface area contributed by atoms with Crippen molar-refractivity contribution in [2.75, 3.05) is 7.11 Å². The van der Waals surface area contributed by atoms with Crippen LogP contribution in [0.4, 0.5) is 0 Å². The van der Waals surface area contributed by atoms with Gasteiger partial charge in [0.1, 0.15) is 5.69 Å². The molecule has 88 valence electrons. The molecule has 4 heteroatoms. The van der Waals surface area contributed by atoms with E-state index in [-0.39, 0.29) is 5.97 Å². The number of rotatable bonds is 2. The molecular weight excluding hydrogens is 238 g/mol. The molecule has 0 N–H and O–H groups in total. The molecule has 0 spiro atoms. The summed E-state index contributed by atoms with van der Waals surface area (Å²) in [6.07, 6.45) is 0. The summed E-state index contributed by atoms with van der Waals surface area (Å²) in [6.45, 7) is 0. The minimum Gasteiger partial charge on any atom is -0.464 e. The number of benzene rings is 1. The second-order valence-corrected chi connectivity index (χ2v) is 4.10. The van der Waals surface area contributed by atoms with Gasteiger partial charge in [0.05, 0.1) is 7.11 Å². The lowest BCUT2D eigenvalue weighted by atomic mass is 10.1. The molecule has 3 nitrogen and oxygen atoms in total. The molecule has 0 fully saturated rings. The van der Waals surface area contributed by atoms with Crippen LogP contribution >= 0.6 is 11.6 Å². The Morgan fingerprint density at radius 3 is 2.41 bits per heavy atom. The van der Waals surface area contributed by atoms with E-state index in [2.05, 4.69) is 0 Å². The van der Waals surface area contributed by atoms with E-state index in [0.29, 0.717) is 10.7 Å². The Bertz CT molecular complexity index is 543. The van der Waals surface area contributed by atoms with Gasteiger partial charge < -0.3 is 9.30 Å². The van der Waals surface area contributed by atoms with Crippen molar-refractivity contribution in [2.24, 2.45) is 7.05 Å². The van der Waals surface area contributed by atoms with Gasteiger partial charge in [-0.05, 0) is 29.8 Å². The first-order valence-corrected chi connectivity index (χ1v) is 5.51. The van der Waals surface area contributed by atoms with E-state index >= 15 is 0 Å². The van der Waals surface area contributed by atoms with Gasteiger partial charge >= 0.3 is 5.97 Å². The van der Waals surface area contributed by atoms with Crippen LogP contribution in [0.25, 0.3) is 11.3 Å². The van der Waals surface area contributed by atoms with Gasteiger partial charge in [0.2, 0.25) is 0 Å². The summed E-state index contributed by atoms with van der Waals surface area (Å²) in [5, 5.41) is 0.691. The van der Waals surface area contributed by atoms with Crippen LogP contribution in [0.1, 0.15) is 10.5 Å². The van der Waals surface area contributed by atoms with Crippen molar-refractivity contribution in [3.63, 3.8) is 0 Å². The highest BCUT2D eigenvalue weighted by molar-refractivity contribution is 6.30. The molecule has 0 aliphatic heterocycles. The number of esters is 1. The fourth-order valence-electron chi connectivity index (χ4n) is 1.73. The van der Waals surface area contributed by atoms with Gasteiger partial charge in [-0.3, -0.25) is 0 Å². The third-order valence-corrected chi connectivity index (χ3v) is 2.91. The largest absolute Gasteiger partial charge is 0.464 e. The second kappa shape index (κ2) is 4.63. The summed E-state index contributed by atoms with van der Waals surface area (Å²) >= 11 is 5.84. The van der Waals surface area contributed by atoms with Gasteiger partial charge in [-0.25, -0.2) is 4.79 Å². The van der Waals surface area contributed by atoms with Crippen molar-refractivity contribution in [3.05, 3.63) is 47.1 Å². The minimum atomic E-state index is -0.340. The third kappa shape index (κ3) is 2.19. The monoisotopic (exact) mass is 249 g/mol. The van der Waals surface area contributed by atoms with E-state index in [1.54, 1.807) is 10.6 Å². The van der Waals surface area contributed by atoms with E-state index in [1.807, 2.05) is 37.4 Å². The molecule has 2 aromatic rings. The maximum atomic E-state index is 11.5. The lowest BCUT2D eigenvalue weighted by Gasteiger charge is -2.06. The van der Waals surface area contributed by atoms with Crippen LogP contribution in [-0.2, 0) is 11.8 Å². The van der Waals surface area contributed by atoms with Crippen LogP contribution in [0.2, 0.25) is 5.02 Å². The molecule has 1 aromatic heterocycles. The van der Waals surface area contributed by atoms with Crippen LogP contribution in [-0.4, -0.2) is 17.6 Å². The molecule has 0 aliphatic rings. The summed E-state index contributed by atoms with van der Waals surface area (Å²) in [5.74, 6) is -0.340. The molecule has 17 heavy (non-hydrogen) atoms. The van der Waals surface area contributed by atoms with Crippen LogP contribution in [0.15, 0.2) is 36.4 Å². The number of methoxy groups -OCH3 is 1. The maximum absolute atomic E-state index is 11.5. The molecule has 2 rings (SSSR count). The van der Waals surface area contributed by atoms with Crippen LogP contribution in [0.3, 0.4) is 0 Å².